The van der Waals surface area contributed by atoms with Crippen molar-refractivity contribution in [3.8, 4) is 0 Å². The van der Waals surface area contributed by atoms with Crippen LogP contribution in [0.15, 0.2) is 0 Å². The van der Waals surface area contributed by atoms with E-state index in [0.717, 1.165) is 0 Å². The second kappa shape index (κ2) is 2.70. The summed E-state index contributed by atoms with van der Waals surface area (Å²) in [6, 6.07) is 0. The smallest absolute Gasteiger partial charge is 0.306 e. The molecular formula is C6H12O2. The van der Waals surface area contributed by atoms with E-state index in [-0.39, 0.29) is 11.8 Å². The molecule has 0 aromatic heterocycles. The van der Waals surface area contributed by atoms with Gasteiger partial charge in [-0.25, -0.2) is 0 Å². The van der Waals surface area contributed by atoms with Gasteiger partial charge in [0, 0.05) is 0 Å². The first-order valence-corrected chi connectivity index (χ1v) is 2.78. The summed E-state index contributed by atoms with van der Waals surface area (Å²) in [4.78, 5) is 10.1. The van der Waals surface area contributed by atoms with E-state index in [1.807, 2.05) is 13.8 Å². The van der Waals surface area contributed by atoms with Gasteiger partial charge >= 0.3 is 5.97 Å². The van der Waals surface area contributed by atoms with Crippen molar-refractivity contribution >= 4 is 5.97 Å². The Kier molecular flexibility index (Phi) is 2.52. The van der Waals surface area contributed by atoms with E-state index in [4.69, 9.17) is 5.11 Å². The van der Waals surface area contributed by atoms with Gasteiger partial charge in [0.15, 0.2) is 0 Å². The van der Waals surface area contributed by atoms with Gasteiger partial charge in [-0.05, 0) is 5.92 Å². The summed E-state index contributed by atoms with van der Waals surface area (Å²) in [5.41, 5.74) is 0. The molecule has 48 valence electrons. The zero-order chi connectivity index (χ0) is 6.73. The molecule has 0 rings (SSSR count). The van der Waals surface area contributed by atoms with Gasteiger partial charge in [0.05, 0.1) is 5.92 Å². The minimum absolute atomic E-state index is 0.213. The Morgan fingerprint density at radius 1 is 1.38 bits per heavy atom. The summed E-state index contributed by atoms with van der Waals surface area (Å²) in [6.45, 7) is 5.52. The van der Waals surface area contributed by atoms with E-state index >= 15 is 0 Å². The second-order valence-electron chi connectivity index (χ2n) is 2.37. The fourth-order valence-corrected chi connectivity index (χ4v) is 0.285. The molecule has 2 heteroatoms. The molecule has 1 atom stereocenters. The van der Waals surface area contributed by atoms with Crippen molar-refractivity contribution in [3.63, 3.8) is 0 Å². The van der Waals surface area contributed by atoms with Crippen molar-refractivity contribution < 1.29 is 9.90 Å². The number of carbonyl (C=O) groups is 1. The summed E-state index contributed by atoms with van der Waals surface area (Å²) < 4.78 is 0. The van der Waals surface area contributed by atoms with Crippen LogP contribution in [0.1, 0.15) is 20.8 Å². The van der Waals surface area contributed by atoms with Crippen LogP contribution >= 0.6 is 0 Å². The second-order valence-corrected chi connectivity index (χ2v) is 2.37. The lowest BCUT2D eigenvalue weighted by atomic mass is 9.99. The normalized spacial score (nSPS) is 14.0. The van der Waals surface area contributed by atoms with Crippen molar-refractivity contribution in [3.05, 3.63) is 0 Å². The number of hydrogen-bond acceptors (Lipinski definition) is 1. The van der Waals surface area contributed by atoms with Gasteiger partial charge in [0.25, 0.3) is 0 Å². The maximum Gasteiger partial charge on any atom is 0.306 e. The third-order valence-corrected chi connectivity index (χ3v) is 1.39. The van der Waals surface area contributed by atoms with E-state index < -0.39 is 5.97 Å². The van der Waals surface area contributed by atoms with Gasteiger partial charge in [0.1, 0.15) is 0 Å². The monoisotopic (exact) mass is 116 g/mol. The van der Waals surface area contributed by atoms with E-state index in [1.165, 1.54) is 0 Å². The molecule has 0 radical (unpaired) electrons. The highest BCUT2D eigenvalue weighted by molar-refractivity contribution is 5.69. The molecule has 0 bridgehead atoms. The molecule has 0 saturated heterocycles. The molecule has 0 spiro atoms. The summed E-state index contributed by atoms with van der Waals surface area (Å²) in [7, 11) is 0. The van der Waals surface area contributed by atoms with Crippen LogP contribution in [-0.4, -0.2) is 11.1 Å². The minimum Gasteiger partial charge on any atom is -0.481 e. The van der Waals surface area contributed by atoms with Gasteiger partial charge in [-0.2, -0.15) is 0 Å². The quantitative estimate of drug-likeness (QED) is 0.591. The molecule has 8 heavy (non-hydrogen) atoms. The van der Waals surface area contributed by atoms with Crippen LogP contribution in [0.2, 0.25) is 0 Å². The number of hydrogen-bond donors (Lipinski definition) is 1. The van der Waals surface area contributed by atoms with Crippen LogP contribution < -0.4 is 0 Å². The number of carboxylic acid groups (broad SMARTS) is 1. The zero-order valence-electron chi connectivity index (χ0n) is 5.51. The summed E-state index contributed by atoms with van der Waals surface area (Å²) in [6.07, 6.45) is 0. The van der Waals surface area contributed by atoms with Crippen LogP contribution in [0.25, 0.3) is 0 Å². The molecule has 0 aliphatic rings. The first kappa shape index (κ1) is 7.47. The predicted molar refractivity (Wildman–Crippen MR) is 31.6 cm³/mol. The molecule has 0 amide bonds. The predicted octanol–water partition coefficient (Wildman–Crippen LogP) is 1.36. The Bertz CT molecular complexity index is 86.5. The topological polar surface area (TPSA) is 37.3 Å². The fraction of sp³-hybridized carbons (Fsp3) is 0.833. The SMILES string of the molecule is CC(C)C(C)C(=O)O. The molecule has 0 heterocycles. The highest BCUT2D eigenvalue weighted by atomic mass is 16.4. The van der Waals surface area contributed by atoms with Gasteiger partial charge in [-0.15, -0.1) is 0 Å². The molecule has 0 aliphatic carbocycles. The van der Waals surface area contributed by atoms with Gasteiger partial charge in [-0.1, -0.05) is 20.8 Å². The first-order chi connectivity index (χ1) is 3.55. The number of rotatable bonds is 2. The summed E-state index contributed by atoms with van der Waals surface area (Å²) in [5.74, 6) is -0.678. The third-order valence-electron chi connectivity index (χ3n) is 1.39. The van der Waals surface area contributed by atoms with Crippen molar-refractivity contribution in [2.24, 2.45) is 11.8 Å². The van der Waals surface area contributed by atoms with Crippen LogP contribution in [0.3, 0.4) is 0 Å². The lowest BCUT2D eigenvalue weighted by molar-refractivity contribution is -0.142. The molecule has 2 nitrogen and oxygen atoms in total. The highest BCUT2D eigenvalue weighted by Gasteiger charge is 2.13. The molecule has 1 unspecified atom stereocenters. The van der Waals surface area contributed by atoms with E-state index in [0.29, 0.717) is 0 Å². The van der Waals surface area contributed by atoms with Crippen LogP contribution in [0.5, 0.6) is 0 Å². The first-order valence-electron chi connectivity index (χ1n) is 2.78. The lowest BCUT2D eigenvalue weighted by Crippen LogP contribution is -2.15. The standard InChI is InChI=1S/C6H12O2/c1-4(2)5(3)6(7)8/h4-5H,1-3H3,(H,7,8). The highest BCUT2D eigenvalue weighted by Crippen LogP contribution is 2.08. The molecular weight excluding hydrogens is 104 g/mol. The Morgan fingerprint density at radius 3 is 1.75 bits per heavy atom. The molecule has 0 fully saturated rings. The summed E-state index contributed by atoms with van der Waals surface area (Å²) in [5, 5.41) is 8.35. The molecule has 1 N–H and O–H groups in total. The molecule has 0 aromatic rings. The van der Waals surface area contributed by atoms with Crippen LogP contribution in [0.4, 0.5) is 0 Å². The number of aliphatic carboxylic acids is 1. The van der Waals surface area contributed by atoms with E-state index in [1.54, 1.807) is 6.92 Å². The maximum atomic E-state index is 10.1. The minimum atomic E-state index is -0.708. The maximum absolute atomic E-state index is 10.1. The van der Waals surface area contributed by atoms with E-state index in [9.17, 15) is 4.79 Å². The number of carboxylic acids is 1. The van der Waals surface area contributed by atoms with Crippen molar-refractivity contribution in [2.45, 2.75) is 20.8 Å². The zero-order valence-corrected chi connectivity index (χ0v) is 5.51. The van der Waals surface area contributed by atoms with Crippen molar-refractivity contribution in [1.29, 1.82) is 0 Å². The van der Waals surface area contributed by atoms with Gasteiger partial charge in [-0.3, -0.25) is 4.79 Å². The van der Waals surface area contributed by atoms with E-state index in [2.05, 4.69) is 0 Å². The Balaban J connectivity index is 3.64. The van der Waals surface area contributed by atoms with Crippen LogP contribution in [0, 0.1) is 11.8 Å². The average molecular weight is 116 g/mol. The van der Waals surface area contributed by atoms with Crippen LogP contribution in [-0.2, 0) is 4.79 Å². The van der Waals surface area contributed by atoms with Crippen molar-refractivity contribution in [1.82, 2.24) is 0 Å². The van der Waals surface area contributed by atoms with Gasteiger partial charge in [0.2, 0.25) is 0 Å². The summed E-state index contributed by atoms with van der Waals surface area (Å²) >= 11 is 0. The van der Waals surface area contributed by atoms with Crippen molar-refractivity contribution in [2.75, 3.05) is 0 Å². The average Bonchev–Trinajstić information content (AvgIpc) is 1.64. The third kappa shape index (κ3) is 1.96. The molecule has 0 aromatic carbocycles. The Hall–Kier alpha value is -0.530. The largest absolute Gasteiger partial charge is 0.481 e. The fourth-order valence-electron chi connectivity index (χ4n) is 0.285. The van der Waals surface area contributed by atoms with Gasteiger partial charge < -0.3 is 5.11 Å². The lowest BCUT2D eigenvalue weighted by Gasteiger charge is -2.07. The molecule has 0 saturated carbocycles. The Morgan fingerprint density at radius 2 is 1.75 bits per heavy atom. The Labute approximate surface area is 49.5 Å². The molecule has 0 aliphatic heterocycles.